The maximum Gasteiger partial charge on any atom is 0.347 e. The number of amides is 2. The molecule has 19 heteroatoms. The summed E-state index contributed by atoms with van der Waals surface area (Å²) in [7, 11) is 7.12. The van der Waals surface area contributed by atoms with Crippen molar-refractivity contribution in [2.24, 2.45) is 7.05 Å². The van der Waals surface area contributed by atoms with Gasteiger partial charge in [-0.2, -0.15) is 0 Å². The largest absolute Gasteiger partial charge is 0.502 e. The summed E-state index contributed by atoms with van der Waals surface area (Å²) in [6.07, 6.45) is 1.12. The Bertz CT molecular complexity index is 2770. The highest BCUT2D eigenvalue weighted by molar-refractivity contribution is 6.58. The highest BCUT2D eigenvalue weighted by Crippen LogP contribution is 2.64. The van der Waals surface area contributed by atoms with Crippen molar-refractivity contribution in [2.45, 2.75) is 47.6 Å². The van der Waals surface area contributed by atoms with Gasteiger partial charge in [0, 0.05) is 44.5 Å². The molecule has 0 radical (unpaired) electrons. The number of aryl methyl sites for hydroxylation is 2. The van der Waals surface area contributed by atoms with Crippen LogP contribution in [0.3, 0.4) is 0 Å². The standard InChI is InChI=1S/C39H35Cl2FN6O10/c1-44-25-17-28(56-3)27(55-2)16-24(25)43-23(33(44)50)11-12-45-36(53)46-13-10-22-26(48(46)37(45)54)18-38(40)34(51)47(21-8-6-20(42)7-9-21)35(52)39(38,41)31(22)19-14-29(57-4)32(49)30(15-19)58-5/h6-10,14-17,26,31,49H,11-13,18H2,1-5H3. The molecule has 1 saturated carbocycles. The van der Waals surface area contributed by atoms with Crippen LogP contribution in [-0.4, -0.2) is 78.6 Å². The summed E-state index contributed by atoms with van der Waals surface area (Å²) >= 11 is 14.9. The average Bonchev–Trinajstić information content (AvgIpc) is 3.55. The molecule has 4 heterocycles. The van der Waals surface area contributed by atoms with E-state index in [0.29, 0.717) is 28.1 Å². The molecule has 5 aromatic rings. The minimum Gasteiger partial charge on any atom is -0.502 e. The van der Waals surface area contributed by atoms with Crippen molar-refractivity contribution >= 4 is 51.7 Å². The van der Waals surface area contributed by atoms with Gasteiger partial charge in [0.2, 0.25) is 5.75 Å². The van der Waals surface area contributed by atoms with Crippen molar-refractivity contribution in [3.05, 3.63) is 109 Å². The summed E-state index contributed by atoms with van der Waals surface area (Å²) in [6.45, 7) is -0.399. The van der Waals surface area contributed by atoms with Crippen LogP contribution in [0.25, 0.3) is 11.0 Å². The van der Waals surface area contributed by atoms with Gasteiger partial charge in [0.25, 0.3) is 17.4 Å². The molecular formula is C39H35Cl2FN6O10. The molecule has 1 aliphatic carbocycles. The third-order valence-corrected chi connectivity index (χ3v) is 12.7. The van der Waals surface area contributed by atoms with Crippen LogP contribution in [0.15, 0.2) is 74.6 Å². The maximum absolute atomic E-state index is 14.7. The summed E-state index contributed by atoms with van der Waals surface area (Å²) in [5, 5.41) is 10.8. The number of hydrogen-bond acceptors (Lipinski definition) is 11. The highest BCUT2D eigenvalue weighted by atomic mass is 35.5. The second kappa shape index (κ2) is 13.8. The van der Waals surface area contributed by atoms with Crippen LogP contribution >= 0.6 is 23.2 Å². The van der Waals surface area contributed by atoms with Gasteiger partial charge in [-0.15, -0.1) is 23.2 Å². The Morgan fingerprint density at radius 3 is 2.10 bits per heavy atom. The molecule has 2 aromatic heterocycles. The number of benzene rings is 3. The van der Waals surface area contributed by atoms with Crippen molar-refractivity contribution in [1.29, 1.82) is 0 Å². The van der Waals surface area contributed by atoms with E-state index in [4.69, 9.17) is 42.1 Å². The molecule has 58 heavy (non-hydrogen) atoms. The van der Waals surface area contributed by atoms with Crippen molar-refractivity contribution < 1.29 is 38.0 Å². The molecule has 16 nitrogen and oxygen atoms in total. The number of carbonyl (C=O) groups is 2. The molecule has 3 aromatic carbocycles. The predicted molar refractivity (Wildman–Crippen MR) is 208 cm³/mol. The fourth-order valence-electron chi connectivity index (χ4n) is 8.44. The first kappa shape index (κ1) is 38.8. The molecular weight excluding hydrogens is 802 g/mol. The summed E-state index contributed by atoms with van der Waals surface area (Å²) in [6, 6.07) is 9.60. The molecule has 4 atom stereocenters. The summed E-state index contributed by atoms with van der Waals surface area (Å²) < 4.78 is 40.4. The van der Waals surface area contributed by atoms with E-state index in [1.165, 1.54) is 66.6 Å². The fraction of sp³-hybridized carbons (Fsp3) is 0.333. The number of aromatic hydroxyl groups is 1. The average molecular weight is 838 g/mol. The number of phenols is 1. The van der Waals surface area contributed by atoms with Gasteiger partial charge in [-0.3, -0.25) is 14.4 Å². The van der Waals surface area contributed by atoms with Gasteiger partial charge in [-0.25, -0.2) is 37.8 Å². The van der Waals surface area contributed by atoms with Crippen molar-refractivity contribution in [1.82, 2.24) is 23.5 Å². The number of allylic oxidation sites excluding steroid dienone is 2. The van der Waals surface area contributed by atoms with E-state index in [2.05, 4.69) is 4.98 Å². The molecule has 1 N–H and O–H groups in total. The zero-order valence-corrected chi connectivity index (χ0v) is 33.1. The molecule has 4 unspecified atom stereocenters. The number of fused-ring (bicyclic) bond motifs is 5. The Morgan fingerprint density at radius 1 is 0.862 bits per heavy atom. The van der Waals surface area contributed by atoms with Crippen LogP contribution in [0.5, 0.6) is 28.7 Å². The Morgan fingerprint density at radius 2 is 1.48 bits per heavy atom. The highest BCUT2D eigenvalue weighted by Gasteiger charge is 2.75. The number of imide groups is 1. The van der Waals surface area contributed by atoms with E-state index in [1.807, 2.05) is 0 Å². The number of aromatic nitrogens is 5. The number of methoxy groups -OCH3 is 4. The second-order valence-electron chi connectivity index (χ2n) is 14.1. The fourth-order valence-corrected chi connectivity index (χ4v) is 9.36. The molecule has 2 fully saturated rings. The lowest BCUT2D eigenvalue weighted by atomic mass is 9.64. The van der Waals surface area contributed by atoms with Gasteiger partial charge in [-0.05, 0) is 47.5 Å². The summed E-state index contributed by atoms with van der Waals surface area (Å²) in [5.74, 6) is -3.39. The van der Waals surface area contributed by atoms with Gasteiger partial charge in [-0.1, -0.05) is 6.08 Å². The number of rotatable bonds is 9. The van der Waals surface area contributed by atoms with E-state index in [9.17, 15) is 33.5 Å². The van der Waals surface area contributed by atoms with Crippen LogP contribution in [0.1, 0.15) is 29.6 Å². The number of phenolic OH excluding ortho intramolecular Hbond substituents is 1. The first-order valence-electron chi connectivity index (χ1n) is 17.9. The zero-order valence-electron chi connectivity index (χ0n) is 31.6. The summed E-state index contributed by atoms with van der Waals surface area (Å²) in [5.41, 5.74) is -0.348. The lowest BCUT2D eigenvalue weighted by molar-refractivity contribution is -0.122. The van der Waals surface area contributed by atoms with Gasteiger partial charge < -0.3 is 28.6 Å². The smallest absolute Gasteiger partial charge is 0.347 e. The molecule has 8 rings (SSSR count). The van der Waals surface area contributed by atoms with E-state index < -0.39 is 62.7 Å². The predicted octanol–water partition coefficient (Wildman–Crippen LogP) is 3.38. The lowest BCUT2D eigenvalue weighted by Crippen LogP contribution is -2.59. The number of alkyl halides is 2. The van der Waals surface area contributed by atoms with E-state index in [1.54, 1.807) is 25.3 Å². The third kappa shape index (κ3) is 5.32. The molecule has 2 aliphatic heterocycles. The third-order valence-electron chi connectivity index (χ3n) is 11.3. The first-order valence-corrected chi connectivity index (χ1v) is 18.6. The number of nitrogens with zero attached hydrogens (tertiary/aromatic N) is 6. The molecule has 0 bridgehead atoms. The number of halogens is 3. The SMILES string of the molecule is COc1cc2nc(CCn3c(=O)n4n(c3=O)C3CC5(Cl)C(=O)N(c6ccc(F)cc6)C(=O)C5(Cl)C(c5cc(OC)c(O)c(OC)c5)C3=CC4)c(=O)n(C)c2cc1OC. The van der Waals surface area contributed by atoms with Crippen LogP contribution in [-0.2, 0) is 36.1 Å². The Kier molecular flexibility index (Phi) is 9.23. The van der Waals surface area contributed by atoms with Crippen molar-refractivity contribution in [3.8, 4) is 28.7 Å². The van der Waals surface area contributed by atoms with E-state index in [-0.39, 0.29) is 53.7 Å². The molecule has 1 saturated heterocycles. The maximum atomic E-state index is 14.7. The van der Waals surface area contributed by atoms with Crippen LogP contribution in [0.2, 0.25) is 0 Å². The van der Waals surface area contributed by atoms with Crippen LogP contribution < -0.4 is 40.8 Å². The normalized spacial score (nSPS) is 22.3. The quantitative estimate of drug-likeness (QED) is 0.131. The topological polar surface area (TPSA) is 178 Å². The number of carbonyl (C=O) groups excluding carboxylic acids is 2. The van der Waals surface area contributed by atoms with Crippen molar-refractivity contribution in [2.75, 3.05) is 33.3 Å². The Labute approximate surface area is 337 Å². The number of anilines is 1. The minimum atomic E-state index is -2.27. The molecule has 2 amide bonds. The van der Waals surface area contributed by atoms with Gasteiger partial charge in [0.15, 0.2) is 32.7 Å². The van der Waals surface area contributed by atoms with Crippen LogP contribution in [0, 0.1) is 5.82 Å². The zero-order chi connectivity index (χ0) is 41.6. The number of ether oxygens (including phenoxy) is 4. The molecule has 3 aliphatic rings. The molecule has 302 valence electrons. The van der Waals surface area contributed by atoms with Gasteiger partial charge in [0.1, 0.15) is 11.5 Å². The summed E-state index contributed by atoms with van der Waals surface area (Å²) in [4.78, 5) is 72.0. The van der Waals surface area contributed by atoms with Crippen LogP contribution in [0.4, 0.5) is 10.1 Å². The Balaban J connectivity index is 1.25. The minimum absolute atomic E-state index is 0.00803. The van der Waals surface area contributed by atoms with E-state index in [0.717, 1.165) is 21.6 Å². The van der Waals surface area contributed by atoms with Gasteiger partial charge >= 0.3 is 11.4 Å². The van der Waals surface area contributed by atoms with Gasteiger partial charge in [0.05, 0.1) is 57.7 Å². The van der Waals surface area contributed by atoms with Crippen molar-refractivity contribution in [3.63, 3.8) is 0 Å². The lowest BCUT2D eigenvalue weighted by Gasteiger charge is -2.49. The molecule has 0 spiro atoms. The van der Waals surface area contributed by atoms with E-state index >= 15 is 0 Å². The first-order chi connectivity index (χ1) is 27.6. The monoisotopic (exact) mass is 836 g/mol. The Hall–Kier alpha value is -6.07. The number of hydrogen-bond donors (Lipinski definition) is 1. The second-order valence-corrected chi connectivity index (χ2v) is 15.3.